The van der Waals surface area contributed by atoms with Crippen LogP contribution in [0.15, 0.2) is 73.1 Å². The number of carboxylic acid groups (broad SMARTS) is 1. The maximum atomic E-state index is 14.2. The third-order valence-electron chi connectivity index (χ3n) is 5.25. The number of nitrogen functional groups attached to an aromatic ring is 1. The maximum absolute atomic E-state index is 14.2. The zero-order valence-electron chi connectivity index (χ0n) is 18.6. The number of ether oxygens (including phenoxy) is 1. The van der Waals surface area contributed by atoms with Gasteiger partial charge in [-0.25, -0.2) is 9.67 Å². The second-order valence-corrected chi connectivity index (χ2v) is 7.84. The monoisotopic (exact) mass is 498 g/mol. The Morgan fingerprint density at radius 2 is 1.81 bits per heavy atom. The number of hydrogen-bond acceptors (Lipinski definition) is 7. The van der Waals surface area contributed by atoms with Crippen LogP contribution in [-0.2, 0) is 11.2 Å². The lowest BCUT2D eigenvalue weighted by atomic mass is 10.0. The third-order valence-corrected chi connectivity index (χ3v) is 5.25. The first-order chi connectivity index (χ1) is 17.1. The van der Waals surface area contributed by atoms with E-state index in [-0.39, 0.29) is 35.2 Å². The lowest BCUT2D eigenvalue weighted by Gasteiger charge is -2.24. The smallest absolute Gasteiger partial charge is 0.429 e. The van der Waals surface area contributed by atoms with Crippen molar-refractivity contribution in [3.8, 4) is 22.8 Å². The van der Waals surface area contributed by atoms with Crippen LogP contribution in [0.2, 0.25) is 0 Å². The summed E-state index contributed by atoms with van der Waals surface area (Å²) in [5.74, 6) is -1.77. The van der Waals surface area contributed by atoms with E-state index in [0.717, 1.165) is 0 Å². The van der Waals surface area contributed by atoms with Crippen molar-refractivity contribution in [2.24, 2.45) is 5.73 Å². The Bertz CT molecular complexity index is 1340. The number of nitrogens with two attached hydrogens (primary N) is 2. The lowest BCUT2D eigenvalue weighted by molar-refractivity contribution is -0.198. The molecule has 4 rings (SSSR count). The number of carboxylic acids is 1. The number of rotatable bonds is 8. The first-order valence-electron chi connectivity index (χ1n) is 10.7. The summed E-state index contributed by atoms with van der Waals surface area (Å²) >= 11 is 0. The van der Waals surface area contributed by atoms with Crippen LogP contribution in [0.3, 0.4) is 0 Å². The zero-order valence-corrected chi connectivity index (χ0v) is 18.6. The van der Waals surface area contributed by atoms with Crippen LogP contribution in [0.25, 0.3) is 16.9 Å². The van der Waals surface area contributed by atoms with Crippen molar-refractivity contribution in [1.29, 1.82) is 0 Å². The molecule has 0 amide bonds. The second kappa shape index (κ2) is 10.0. The molecule has 0 spiro atoms. The highest BCUT2D eigenvalue weighted by Crippen LogP contribution is 2.39. The Kier molecular flexibility index (Phi) is 6.88. The van der Waals surface area contributed by atoms with E-state index >= 15 is 0 Å². The van der Waals surface area contributed by atoms with E-state index in [1.807, 2.05) is 0 Å². The van der Waals surface area contributed by atoms with E-state index in [0.29, 0.717) is 11.1 Å². The van der Waals surface area contributed by atoms with Crippen molar-refractivity contribution in [2.75, 3.05) is 5.73 Å². The molecule has 36 heavy (non-hydrogen) atoms. The summed E-state index contributed by atoms with van der Waals surface area (Å²) in [5.41, 5.74) is 12.8. The highest BCUT2D eigenvalue weighted by molar-refractivity contribution is 5.73. The van der Waals surface area contributed by atoms with Gasteiger partial charge in [-0.05, 0) is 24.1 Å². The Hall–Kier alpha value is -4.45. The fourth-order valence-corrected chi connectivity index (χ4v) is 3.56. The number of anilines is 1. The van der Waals surface area contributed by atoms with E-state index in [1.165, 1.54) is 41.3 Å². The number of hydrogen-bond donors (Lipinski definition) is 3. The summed E-state index contributed by atoms with van der Waals surface area (Å²) in [5, 5.41) is 13.0. The number of aromatic nitrogens is 4. The average Bonchev–Trinajstić information content (AvgIpc) is 3.37. The molecule has 9 nitrogen and oxygen atoms in total. The van der Waals surface area contributed by atoms with Gasteiger partial charge in [-0.1, -0.05) is 42.5 Å². The molecule has 0 aliphatic carbocycles. The van der Waals surface area contributed by atoms with Gasteiger partial charge in [0.2, 0.25) is 17.9 Å². The van der Waals surface area contributed by atoms with Gasteiger partial charge in [0, 0.05) is 29.6 Å². The van der Waals surface area contributed by atoms with E-state index in [1.54, 1.807) is 36.4 Å². The summed E-state index contributed by atoms with van der Waals surface area (Å²) in [7, 11) is 0. The quantitative estimate of drug-likeness (QED) is 0.335. The first kappa shape index (κ1) is 24.7. The second-order valence-electron chi connectivity index (χ2n) is 7.84. The maximum Gasteiger partial charge on any atom is 0.429 e. The molecular weight excluding hydrogens is 477 g/mol. The van der Waals surface area contributed by atoms with Gasteiger partial charge in [0.25, 0.3) is 0 Å². The molecule has 4 aromatic rings. The number of nitrogens with zero attached hydrogens (tertiary/aromatic N) is 4. The molecule has 1 unspecified atom stereocenters. The van der Waals surface area contributed by atoms with Crippen molar-refractivity contribution in [3.63, 3.8) is 0 Å². The van der Waals surface area contributed by atoms with Crippen LogP contribution < -0.4 is 16.2 Å². The summed E-state index contributed by atoms with van der Waals surface area (Å²) in [6.45, 7) is 0. The largest absolute Gasteiger partial charge is 0.480 e. The van der Waals surface area contributed by atoms with Crippen LogP contribution in [0, 0.1) is 0 Å². The third kappa shape index (κ3) is 5.61. The molecule has 0 radical (unpaired) electrons. The van der Waals surface area contributed by atoms with Gasteiger partial charge in [0.1, 0.15) is 6.04 Å². The van der Waals surface area contributed by atoms with Gasteiger partial charge in [-0.3, -0.25) is 4.79 Å². The summed E-state index contributed by atoms with van der Waals surface area (Å²) < 4.78 is 49.2. The highest BCUT2D eigenvalue weighted by atomic mass is 19.4. The molecule has 0 aliphatic rings. The molecule has 2 aromatic carbocycles. The summed E-state index contributed by atoms with van der Waals surface area (Å²) in [4.78, 5) is 18.9. The normalized spacial score (nSPS) is 13.2. The molecule has 5 N–H and O–H groups in total. The minimum Gasteiger partial charge on any atom is -0.480 e. The molecule has 2 heterocycles. The minimum absolute atomic E-state index is 0.110. The van der Waals surface area contributed by atoms with Crippen LogP contribution in [-0.4, -0.2) is 43.0 Å². The van der Waals surface area contributed by atoms with E-state index in [4.69, 9.17) is 21.3 Å². The van der Waals surface area contributed by atoms with Crippen molar-refractivity contribution in [1.82, 2.24) is 19.7 Å². The number of para-hydroxylation sites is 1. The molecular formula is C24H21F3N6O3. The van der Waals surface area contributed by atoms with Gasteiger partial charge < -0.3 is 21.3 Å². The van der Waals surface area contributed by atoms with E-state index in [2.05, 4.69) is 15.1 Å². The molecule has 2 aromatic heterocycles. The van der Waals surface area contributed by atoms with Crippen molar-refractivity contribution in [3.05, 3.63) is 84.2 Å². The van der Waals surface area contributed by atoms with Gasteiger partial charge >= 0.3 is 12.1 Å². The number of carbonyl (C=O) groups is 1. The van der Waals surface area contributed by atoms with E-state index < -0.39 is 24.3 Å². The van der Waals surface area contributed by atoms with Gasteiger partial charge in [-0.2, -0.15) is 23.3 Å². The molecule has 0 fully saturated rings. The van der Waals surface area contributed by atoms with Gasteiger partial charge in [0.15, 0.2) is 0 Å². The topological polar surface area (TPSA) is 142 Å². The van der Waals surface area contributed by atoms with Crippen LogP contribution in [0.5, 0.6) is 5.88 Å². The fourth-order valence-electron chi connectivity index (χ4n) is 3.56. The number of aliphatic carboxylic acids is 1. The molecule has 186 valence electrons. The minimum atomic E-state index is -4.78. The van der Waals surface area contributed by atoms with E-state index in [9.17, 15) is 18.0 Å². The van der Waals surface area contributed by atoms with Crippen LogP contribution >= 0.6 is 0 Å². The SMILES string of the molecule is Nc1nc(OC(c2ccccc2-n2cccn2)C(F)(F)F)cc(-c2ccc(C[C@H](N)C(=O)O)cc2)n1. The Morgan fingerprint density at radius 3 is 2.44 bits per heavy atom. The number of alkyl halides is 3. The van der Waals surface area contributed by atoms with Crippen molar-refractivity contribution in [2.45, 2.75) is 24.7 Å². The molecule has 2 atom stereocenters. The fraction of sp³-hybridized carbons (Fsp3) is 0.167. The van der Waals surface area contributed by atoms with Crippen LogP contribution in [0.1, 0.15) is 17.2 Å². The Morgan fingerprint density at radius 1 is 1.08 bits per heavy atom. The average molecular weight is 498 g/mol. The van der Waals surface area contributed by atoms with Gasteiger partial charge in [-0.15, -0.1) is 0 Å². The summed E-state index contributed by atoms with van der Waals surface area (Å²) in [6, 6.07) is 14.2. The van der Waals surface area contributed by atoms with Crippen LogP contribution in [0.4, 0.5) is 19.1 Å². The lowest BCUT2D eigenvalue weighted by Crippen LogP contribution is -2.32. The summed E-state index contributed by atoms with van der Waals surface area (Å²) in [6.07, 6.45) is -4.05. The predicted octanol–water partition coefficient (Wildman–Crippen LogP) is 3.55. The predicted molar refractivity (Wildman–Crippen MR) is 124 cm³/mol. The Balaban J connectivity index is 1.65. The van der Waals surface area contributed by atoms with Gasteiger partial charge in [0.05, 0.1) is 11.4 Å². The standard InChI is InChI=1S/C24H21F3N6O3/c25-24(26,27)21(16-4-1-2-5-19(16)33-11-3-10-30-33)36-20-13-18(31-23(29)32-20)15-8-6-14(7-9-15)12-17(28)22(34)35/h1-11,13,17,21H,12,28H2,(H,34,35)(H2,29,31,32)/t17-,21?/m0/s1. The molecule has 0 saturated carbocycles. The highest BCUT2D eigenvalue weighted by Gasteiger charge is 2.45. The van der Waals surface area contributed by atoms with Crippen molar-refractivity contribution < 1.29 is 27.8 Å². The number of benzene rings is 2. The first-order valence-corrected chi connectivity index (χ1v) is 10.7. The molecule has 0 saturated heterocycles. The Labute approximate surface area is 203 Å². The van der Waals surface area contributed by atoms with Crippen molar-refractivity contribution >= 4 is 11.9 Å². The zero-order chi connectivity index (χ0) is 25.9. The molecule has 0 aliphatic heterocycles. The molecule has 0 bridgehead atoms. The number of halogens is 3. The molecule has 12 heteroatoms.